The van der Waals surface area contributed by atoms with Crippen molar-refractivity contribution in [3.63, 3.8) is 0 Å². The van der Waals surface area contributed by atoms with E-state index in [0.717, 1.165) is 25.9 Å². The van der Waals surface area contributed by atoms with Crippen LogP contribution in [0.5, 0.6) is 0 Å². The van der Waals surface area contributed by atoms with E-state index in [1.165, 1.54) is 19.4 Å². The SMILES string of the molecule is CNC1CCCN(CC2CCCN2C)C1=O. The highest BCUT2D eigenvalue weighted by Crippen LogP contribution is 2.19. The molecule has 2 atom stereocenters. The van der Waals surface area contributed by atoms with Crippen LogP contribution in [0.15, 0.2) is 0 Å². The minimum absolute atomic E-state index is 0.0560. The predicted molar refractivity (Wildman–Crippen MR) is 64.3 cm³/mol. The van der Waals surface area contributed by atoms with E-state index in [2.05, 4.69) is 22.2 Å². The molecular weight excluding hydrogens is 202 g/mol. The summed E-state index contributed by atoms with van der Waals surface area (Å²) in [6.07, 6.45) is 4.64. The molecule has 2 fully saturated rings. The van der Waals surface area contributed by atoms with Crippen LogP contribution >= 0.6 is 0 Å². The topological polar surface area (TPSA) is 35.6 Å². The molecule has 0 aromatic heterocycles. The number of hydrogen-bond acceptors (Lipinski definition) is 3. The van der Waals surface area contributed by atoms with E-state index >= 15 is 0 Å². The first kappa shape index (κ1) is 11.9. The maximum Gasteiger partial charge on any atom is 0.239 e. The molecule has 2 aliphatic rings. The number of carbonyl (C=O) groups is 1. The molecule has 4 heteroatoms. The summed E-state index contributed by atoms with van der Waals surface area (Å²) in [5, 5.41) is 3.11. The fourth-order valence-electron chi connectivity index (χ4n) is 2.85. The minimum Gasteiger partial charge on any atom is -0.340 e. The first-order chi connectivity index (χ1) is 7.72. The quantitative estimate of drug-likeness (QED) is 0.750. The third kappa shape index (κ3) is 2.38. The van der Waals surface area contributed by atoms with E-state index < -0.39 is 0 Å². The fourth-order valence-corrected chi connectivity index (χ4v) is 2.85. The molecule has 0 radical (unpaired) electrons. The molecule has 0 spiro atoms. The second-order valence-corrected chi connectivity index (χ2v) is 5.04. The van der Waals surface area contributed by atoms with Crippen molar-refractivity contribution in [1.82, 2.24) is 15.1 Å². The van der Waals surface area contributed by atoms with Crippen LogP contribution in [0.1, 0.15) is 25.7 Å². The summed E-state index contributed by atoms with van der Waals surface area (Å²) in [7, 11) is 4.05. The van der Waals surface area contributed by atoms with Crippen molar-refractivity contribution in [3.8, 4) is 0 Å². The van der Waals surface area contributed by atoms with Crippen LogP contribution in [0.4, 0.5) is 0 Å². The van der Waals surface area contributed by atoms with E-state index in [0.29, 0.717) is 11.9 Å². The predicted octanol–water partition coefficient (Wildman–Crippen LogP) is 0.291. The molecule has 16 heavy (non-hydrogen) atoms. The highest BCUT2D eigenvalue weighted by atomic mass is 16.2. The van der Waals surface area contributed by atoms with Crippen molar-refractivity contribution in [2.45, 2.75) is 37.8 Å². The van der Waals surface area contributed by atoms with Gasteiger partial charge in [0.15, 0.2) is 0 Å². The van der Waals surface area contributed by atoms with E-state index in [9.17, 15) is 4.79 Å². The summed E-state index contributed by atoms with van der Waals surface area (Å²) in [6.45, 7) is 3.05. The number of nitrogens with one attached hydrogen (secondary N) is 1. The Morgan fingerprint density at radius 2 is 2.06 bits per heavy atom. The number of rotatable bonds is 3. The molecule has 92 valence electrons. The zero-order valence-electron chi connectivity index (χ0n) is 10.4. The summed E-state index contributed by atoms with van der Waals surface area (Å²) in [4.78, 5) is 16.5. The number of piperidine rings is 1. The van der Waals surface area contributed by atoms with E-state index in [1.807, 2.05) is 7.05 Å². The Morgan fingerprint density at radius 1 is 1.31 bits per heavy atom. The van der Waals surface area contributed by atoms with E-state index in [-0.39, 0.29) is 6.04 Å². The van der Waals surface area contributed by atoms with Gasteiger partial charge in [-0.1, -0.05) is 0 Å². The van der Waals surface area contributed by atoms with Gasteiger partial charge in [-0.15, -0.1) is 0 Å². The van der Waals surface area contributed by atoms with Crippen LogP contribution in [-0.2, 0) is 4.79 Å². The largest absolute Gasteiger partial charge is 0.340 e. The third-order valence-corrected chi connectivity index (χ3v) is 3.98. The van der Waals surface area contributed by atoms with Crippen molar-refractivity contribution in [3.05, 3.63) is 0 Å². The van der Waals surface area contributed by atoms with Crippen LogP contribution in [0.2, 0.25) is 0 Å². The average Bonchev–Trinajstić information content (AvgIpc) is 2.68. The van der Waals surface area contributed by atoms with Gasteiger partial charge in [0, 0.05) is 19.1 Å². The van der Waals surface area contributed by atoms with Gasteiger partial charge in [0.2, 0.25) is 5.91 Å². The first-order valence-corrected chi connectivity index (χ1v) is 6.38. The van der Waals surface area contributed by atoms with Crippen molar-refractivity contribution in [2.24, 2.45) is 0 Å². The van der Waals surface area contributed by atoms with E-state index in [4.69, 9.17) is 0 Å². The normalized spacial score (nSPS) is 32.4. The maximum atomic E-state index is 12.1. The second kappa shape index (κ2) is 5.15. The zero-order chi connectivity index (χ0) is 11.5. The lowest BCUT2D eigenvalue weighted by molar-refractivity contribution is -0.136. The standard InChI is InChI=1S/C12H23N3O/c1-13-11-6-4-8-15(12(11)16)9-10-5-3-7-14(10)2/h10-11,13H,3-9H2,1-2H3. The van der Waals surface area contributed by atoms with Gasteiger partial charge >= 0.3 is 0 Å². The highest BCUT2D eigenvalue weighted by Gasteiger charge is 2.31. The van der Waals surface area contributed by atoms with Crippen molar-refractivity contribution in [2.75, 3.05) is 33.7 Å². The van der Waals surface area contributed by atoms with Crippen LogP contribution in [0.25, 0.3) is 0 Å². The Labute approximate surface area is 98.0 Å². The second-order valence-electron chi connectivity index (χ2n) is 5.04. The highest BCUT2D eigenvalue weighted by molar-refractivity contribution is 5.82. The molecule has 4 nitrogen and oxygen atoms in total. The number of hydrogen-bond donors (Lipinski definition) is 1. The van der Waals surface area contributed by atoms with Crippen LogP contribution in [0.3, 0.4) is 0 Å². The fraction of sp³-hybridized carbons (Fsp3) is 0.917. The Kier molecular flexibility index (Phi) is 3.82. The van der Waals surface area contributed by atoms with Gasteiger partial charge in [0.1, 0.15) is 0 Å². The molecule has 1 N–H and O–H groups in total. The van der Waals surface area contributed by atoms with Crippen LogP contribution in [0, 0.1) is 0 Å². The number of carbonyl (C=O) groups excluding carboxylic acids is 1. The van der Waals surface area contributed by atoms with Gasteiger partial charge in [0.05, 0.1) is 6.04 Å². The molecule has 2 unspecified atom stereocenters. The summed E-state index contributed by atoms with van der Waals surface area (Å²) in [5.41, 5.74) is 0. The average molecular weight is 225 g/mol. The summed E-state index contributed by atoms with van der Waals surface area (Å²) < 4.78 is 0. The lowest BCUT2D eigenvalue weighted by atomic mass is 10.0. The number of amides is 1. The first-order valence-electron chi connectivity index (χ1n) is 6.38. The number of nitrogens with zero attached hydrogens (tertiary/aromatic N) is 2. The Hall–Kier alpha value is -0.610. The number of likely N-dealkylation sites (tertiary alicyclic amines) is 2. The monoisotopic (exact) mass is 225 g/mol. The number of likely N-dealkylation sites (N-methyl/N-ethyl adjacent to an activating group) is 2. The van der Waals surface area contributed by atoms with E-state index in [1.54, 1.807) is 0 Å². The molecule has 2 aliphatic heterocycles. The van der Waals surface area contributed by atoms with Crippen molar-refractivity contribution >= 4 is 5.91 Å². The molecule has 0 saturated carbocycles. The smallest absolute Gasteiger partial charge is 0.239 e. The molecule has 0 aromatic rings. The molecular formula is C12H23N3O. The summed E-state index contributed by atoms with van der Waals surface area (Å²) >= 11 is 0. The maximum absolute atomic E-state index is 12.1. The molecule has 0 aromatic carbocycles. The van der Waals surface area contributed by atoms with Gasteiger partial charge in [-0.3, -0.25) is 4.79 Å². The molecule has 0 bridgehead atoms. The Morgan fingerprint density at radius 3 is 2.69 bits per heavy atom. The van der Waals surface area contributed by atoms with Crippen molar-refractivity contribution in [1.29, 1.82) is 0 Å². The molecule has 2 heterocycles. The van der Waals surface area contributed by atoms with Gasteiger partial charge in [0.25, 0.3) is 0 Å². The molecule has 0 aliphatic carbocycles. The zero-order valence-corrected chi connectivity index (χ0v) is 10.4. The Balaban J connectivity index is 1.90. The van der Waals surface area contributed by atoms with Gasteiger partial charge < -0.3 is 15.1 Å². The Bertz CT molecular complexity index is 257. The van der Waals surface area contributed by atoms with Gasteiger partial charge in [-0.2, -0.15) is 0 Å². The molecule has 1 amide bonds. The summed E-state index contributed by atoms with van der Waals surface area (Å²) in [5.74, 6) is 0.300. The molecule has 2 saturated heterocycles. The van der Waals surface area contributed by atoms with Crippen LogP contribution < -0.4 is 5.32 Å². The third-order valence-electron chi connectivity index (χ3n) is 3.98. The lowest BCUT2D eigenvalue weighted by Gasteiger charge is -2.35. The van der Waals surface area contributed by atoms with Gasteiger partial charge in [-0.25, -0.2) is 0 Å². The molecule has 2 rings (SSSR count). The minimum atomic E-state index is 0.0560. The lowest BCUT2D eigenvalue weighted by Crippen LogP contribution is -2.52. The van der Waals surface area contributed by atoms with Gasteiger partial charge in [-0.05, 0) is 46.3 Å². The van der Waals surface area contributed by atoms with Crippen LogP contribution in [-0.4, -0.2) is 61.5 Å². The summed E-state index contributed by atoms with van der Waals surface area (Å²) in [6, 6.07) is 0.639. The van der Waals surface area contributed by atoms with Crippen molar-refractivity contribution < 1.29 is 4.79 Å².